The van der Waals surface area contributed by atoms with Crippen molar-refractivity contribution in [2.45, 2.75) is 5.41 Å². The summed E-state index contributed by atoms with van der Waals surface area (Å²) >= 11 is 0. The van der Waals surface area contributed by atoms with Crippen LogP contribution in [-0.2, 0) is 5.41 Å². The van der Waals surface area contributed by atoms with Crippen molar-refractivity contribution in [3.63, 3.8) is 0 Å². The molecule has 48 heavy (non-hydrogen) atoms. The number of anilines is 3. The van der Waals surface area contributed by atoms with E-state index >= 15 is 0 Å². The van der Waals surface area contributed by atoms with E-state index in [4.69, 9.17) is 0 Å². The fourth-order valence-electron chi connectivity index (χ4n) is 7.89. The minimum absolute atomic E-state index is 0.461. The van der Waals surface area contributed by atoms with E-state index in [-0.39, 0.29) is 0 Å². The van der Waals surface area contributed by atoms with E-state index in [1.807, 2.05) is 0 Å². The van der Waals surface area contributed by atoms with E-state index < -0.39 is 5.41 Å². The first-order valence-corrected chi connectivity index (χ1v) is 16.6. The zero-order valence-electron chi connectivity index (χ0n) is 26.5. The third-order valence-electron chi connectivity index (χ3n) is 9.92. The highest BCUT2D eigenvalue weighted by molar-refractivity contribution is 5.97. The Morgan fingerprint density at radius 2 is 0.875 bits per heavy atom. The molecule has 0 bridgehead atoms. The van der Waals surface area contributed by atoms with Crippen LogP contribution in [-0.4, -0.2) is 0 Å². The van der Waals surface area contributed by atoms with Crippen molar-refractivity contribution in [2.75, 3.05) is 4.90 Å². The third kappa shape index (κ3) is 4.40. The highest BCUT2D eigenvalue weighted by atomic mass is 15.1. The Bertz CT molecular complexity index is 2350. The molecule has 0 N–H and O–H groups in total. The molecule has 0 aromatic heterocycles. The summed E-state index contributed by atoms with van der Waals surface area (Å²) in [6.07, 6.45) is 0. The van der Waals surface area contributed by atoms with Gasteiger partial charge in [-0.2, -0.15) is 0 Å². The average Bonchev–Trinajstić information content (AvgIpc) is 3.46. The molecule has 0 spiro atoms. The van der Waals surface area contributed by atoms with Crippen molar-refractivity contribution in [3.8, 4) is 22.3 Å². The van der Waals surface area contributed by atoms with Crippen LogP contribution >= 0.6 is 0 Å². The maximum Gasteiger partial charge on any atom is 0.0714 e. The molecule has 1 heteroatoms. The minimum Gasteiger partial charge on any atom is -0.310 e. The molecule has 1 nitrogen and oxygen atoms in total. The zero-order chi connectivity index (χ0) is 31.9. The summed E-state index contributed by atoms with van der Waals surface area (Å²) in [4.78, 5) is 2.40. The normalized spacial score (nSPS) is 12.8. The van der Waals surface area contributed by atoms with Gasteiger partial charge >= 0.3 is 0 Å². The Morgan fingerprint density at radius 1 is 0.333 bits per heavy atom. The lowest BCUT2D eigenvalue weighted by molar-refractivity contribution is 0.768. The Morgan fingerprint density at radius 3 is 1.65 bits per heavy atom. The predicted octanol–water partition coefficient (Wildman–Crippen LogP) is 12.3. The Balaban J connectivity index is 1.29. The van der Waals surface area contributed by atoms with Gasteiger partial charge in [-0.25, -0.2) is 0 Å². The smallest absolute Gasteiger partial charge is 0.0714 e. The van der Waals surface area contributed by atoms with Crippen LogP contribution in [0.1, 0.15) is 22.3 Å². The maximum absolute atomic E-state index is 2.44. The average molecular weight is 612 g/mol. The highest BCUT2D eigenvalue weighted by Gasteiger charge is 2.46. The Hall–Kier alpha value is -6.18. The lowest BCUT2D eigenvalue weighted by atomic mass is 9.67. The van der Waals surface area contributed by atoms with Crippen molar-refractivity contribution < 1.29 is 0 Å². The molecular formula is C47H33N. The van der Waals surface area contributed by atoms with Crippen LogP contribution in [0.2, 0.25) is 0 Å². The van der Waals surface area contributed by atoms with Gasteiger partial charge in [-0.1, -0.05) is 164 Å². The first-order chi connectivity index (χ1) is 23.8. The fraction of sp³-hybridized carbons (Fsp3) is 0.0213. The molecule has 0 atom stereocenters. The van der Waals surface area contributed by atoms with Gasteiger partial charge in [-0.3, -0.25) is 0 Å². The number of rotatable bonds is 6. The summed E-state index contributed by atoms with van der Waals surface area (Å²) < 4.78 is 0. The van der Waals surface area contributed by atoms with Gasteiger partial charge in [-0.15, -0.1) is 0 Å². The van der Waals surface area contributed by atoms with Crippen LogP contribution in [0.5, 0.6) is 0 Å². The van der Waals surface area contributed by atoms with Crippen LogP contribution in [0.4, 0.5) is 17.1 Å². The second kappa shape index (κ2) is 11.6. The predicted molar refractivity (Wildman–Crippen MR) is 201 cm³/mol. The van der Waals surface area contributed by atoms with Crippen LogP contribution in [0.25, 0.3) is 33.0 Å². The Kier molecular flexibility index (Phi) is 6.76. The standard InChI is InChI=1S/C47H33N/c1-4-19-36(20-5-1)47(37-21-6-2-7-22-37)45-29-13-12-27-43(45)44-31-30-40(33-46(44)47)48(38-23-8-3-9-24-38)39-25-14-18-35(32-39)42-28-15-17-34-16-10-11-26-41(34)42/h1-33H. The van der Waals surface area contributed by atoms with Crippen LogP contribution in [0, 0.1) is 0 Å². The van der Waals surface area contributed by atoms with Crippen LogP contribution < -0.4 is 4.90 Å². The zero-order valence-corrected chi connectivity index (χ0v) is 26.5. The molecule has 0 aliphatic heterocycles. The molecule has 0 saturated carbocycles. The molecule has 8 aromatic carbocycles. The van der Waals surface area contributed by atoms with Gasteiger partial charge in [0.05, 0.1) is 5.41 Å². The van der Waals surface area contributed by atoms with Gasteiger partial charge in [-0.05, 0) is 91.7 Å². The monoisotopic (exact) mass is 611 g/mol. The van der Waals surface area contributed by atoms with Crippen molar-refractivity contribution >= 4 is 27.8 Å². The first-order valence-electron chi connectivity index (χ1n) is 16.6. The van der Waals surface area contributed by atoms with Gasteiger partial charge < -0.3 is 4.90 Å². The summed E-state index contributed by atoms with van der Waals surface area (Å²) in [5, 5.41) is 2.51. The van der Waals surface area contributed by atoms with E-state index in [0.29, 0.717) is 0 Å². The van der Waals surface area contributed by atoms with Gasteiger partial charge in [0.1, 0.15) is 0 Å². The topological polar surface area (TPSA) is 3.24 Å². The van der Waals surface area contributed by atoms with E-state index in [0.717, 1.165) is 17.1 Å². The summed E-state index contributed by atoms with van der Waals surface area (Å²) in [5.41, 5.74) is 13.0. The second-order valence-corrected chi connectivity index (χ2v) is 12.5. The van der Waals surface area contributed by atoms with Crippen molar-refractivity contribution in [1.29, 1.82) is 0 Å². The summed E-state index contributed by atoms with van der Waals surface area (Å²) in [6.45, 7) is 0. The van der Waals surface area contributed by atoms with Crippen LogP contribution in [0.15, 0.2) is 200 Å². The molecule has 8 aromatic rings. The highest BCUT2D eigenvalue weighted by Crippen LogP contribution is 2.57. The van der Waals surface area contributed by atoms with E-state index in [1.165, 1.54) is 55.3 Å². The molecule has 1 aliphatic rings. The van der Waals surface area contributed by atoms with Gasteiger partial charge in [0, 0.05) is 17.1 Å². The quantitative estimate of drug-likeness (QED) is 0.181. The van der Waals surface area contributed by atoms with E-state index in [9.17, 15) is 0 Å². The molecule has 0 heterocycles. The molecule has 0 amide bonds. The number of benzene rings is 8. The summed E-state index contributed by atoms with van der Waals surface area (Å²) in [5.74, 6) is 0. The Labute approximate surface area is 282 Å². The van der Waals surface area contributed by atoms with Gasteiger partial charge in [0.25, 0.3) is 0 Å². The van der Waals surface area contributed by atoms with Crippen LogP contribution in [0.3, 0.4) is 0 Å². The van der Waals surface area contributed by atoms with Crippen molar-refractivity contribution in [1.82, 2.24) is 0 Å². The largest absolute Gasteiger partial charge is 0.310 e. The van der Waals surface area contributed by atoms with Gasteiger partial charge in [0.2, 0.25) is 0 Å². The number of nitrogens with zero attached hydrogens (tertiary/aromatic N) is 1. The molecular weight excluding hydrogens is 579 g/mol. The molecule has 226 valence electrons. The number of fused-ring (bicyclic) bond motifs is 4. The molecule has 9 rings (SSSR count). The molecule has 0 radical (unpaired) electrons. The number of hydrogen-bond acceptors (Lipinski definition) is 1. The third-order valence-corrected chi connectivity index (χ3v) is 9.92. The lowest BCUT2D eigenvalue weighted by Gasteiger charge is -2.35. The molecule has 0 fully saturated rings. The van der Waals surface area contributed by atoms with Crippen molar-refractivity contribution in [3.05, 3.63) is 222 Å². The van der Waals surface area contributed by atoms with E-state index in [1.54, 1.807) is 0 Å². The van der Waals surface area contributed by atoms with Gasteiger partial charge in [0.15, 0.2) is 0 Å². The molecule has 0 unspecified atom stereocenters. The number of hydrogen-bond donors (Lipinski definition) is 0. The summed E-state index contributed by atoms with van der Waals surface area (Å²) in [7, 11) is 0. The second-order valence-electron chi connectivity index (χ2n) is 12.5. The summed E-state index contributed by atoms with van der Waals surface area (Å²) in [6, 6.07) is 73.0. The molecule has 0 saturated heterocycles. The molecule has 1 aliphatic carbocycles. The first kappa shape index (κ1) is 28.1. The lowest BCUT2D eigenvalue weighted by Crippen LogP contribution is -2.28. The minimum atomic E-state index is -0.461. The van der Waals surface area contributed by atoms with E-state index in [2.05, 4.69) is 205 Å². The number of para-hydroxylation sites is 1. The maximum atomic E-state index is 2.44. The SMILES string of the molecule is c1ccc(N(c2cccc(-c3cccc4ccccc34)c2)c2ccc3c(c2)C(c2ccccc2)(c2ccccc2)c2ccccc2-3)cc1. The fourth-order valence-corrected chi connectivity index (χ4v) is 7.89. The van der Waals surface area contributed by atoms with Crippen molar-refractivity contribution in [2.24, 2.45) is 0 Å².